The monoisotopic (exact) mass is 297 g/mol. The molecule has 0 aromatic carbocycles. The quantitative estimate of drug-likeness (QED) is 0.794. The van der Waals surface area contributed by atoms with Gasteiger partial charge in [0.2, 0.25) is 0 Å². The van der Waals surface area contributed by atoms with Gasteiger partial charge in [-0.1, -0.05) is 13.8 Å². The lowest BCUT2D eigenvalue weighted by molar-refractivity contribution is -0.0501. The molecule has 2 atom stereocenters. The van der Waals surface area contributed by atoms with Crippen molar-refractivity contribution in [2.24, 2.45) is 5.92 Å². The number of furan rings is 1. The highest BCUT2D eigenvalue weighted by molar-refractivity contribution is 4.96. The third-order valence-corrected chi connectivity index (χ3v) is 3.67. The van der Waals surface area contributed by atoms with Crippen molar-refractivity contribution in [3.8, 4) is 0 Å². The molecule has 120 valence electrons. The minimum absolute atomic E-state index is 0.326. The molecular formula is C16H27NO4. The average molecular weight is 297 g/mol. The van der Waals surface area contributed by atoms with E-state index in [-0.39, 0.29) is 0 Å². The van der Waals surface area contributed by atoms with Crippen molar-refractivity contribution in [2.45, 2.75) is 39.0 Å². The predicted molar refractivity (Wildman–Crippen MR) is 80.0 cm³/mol. The Hall–Kier alpha value is -0.880. The maximum atomic E-state index is 10.1. The fourth-order valence-electron chi connectivity index (χ4n) is 2.70. The van der Waals surface area contributed by atoms with Crippen molar-refractivity contribution >= 4 is 0 Å². The summed E-state index contributed by atoms with van der Waals surface area (Å²) in [5, 5.41) is 10.1. The van der Waals surface area contributed by atoms with E-state index in [0.29, 0.717) is 31.7 Å². The summed E-state index contributed by atoms with van der Waals surface area (Å²) < 4.78 is 16.2. The molecule has 1 aliphatic heterocycles. The zero-order chi connectivity index (χ0) is 15.1. The Labute approximate surface area is 126 Å². The van der Waals surface area contributed by atoms with E-state index < -0.39 is 6.10 Å². The van der Waals surface area contributed by atoms with E-state index in [2.05, 4.69) is 18.7 Å². The average Bonchev–Trinajstić information content (AvgIpc) is 2.93. The fraction of sp³-hybridized carbons (Fsp3) is 0.750. The van der Waals surface area contributed by atoms with Gasteiger partial charge in [0, 0.05) is 19.1 Å². The van der Waals surface area contributed by atoms with Crippen molar-refractivity contribution < 1.29 is 19.0 Å². The molecule has 0 bridgehead atoms. The normalized spacial score (nSPS) is 21.8. The SMILES string of the molecule is CC(C)CC1COCCN1CC(O)COCc1ccco1. The molecular weight excluding hydrogens is 270 g/mol. The van der Waals surface area contributed by atoms with Gasteiger partial charge in [0.15, 0.2) is 0 Å². The molecule has 5 nitrogen and oxygen atoms in total. The molecule has 0 saturated carbocycles. The van der Waals surface area contributed by atoms with Crippen molar-refractivity contribution in [3.63, 3.8) is 0 Å². The molecule has 1 aromatic heterocycles. The van der Waals surface area contributed by atoms with Gasteiger partial charge < -0.3 is 19.0 Å². The van der Waals surface area contributed by atoms with E-state index in [0.717, 1.165) is 31.9 Å². The van der Waals surface area contributed by atoms with Gasteiger partial charge in [-0.25, -0.2) is 0 Å². The number of nitrogens with zero attached hydrogens (tertiary/aromatic N) is 1. The van der Waals surface area contributed by atoms with Gasteiger partial charge in [-0.15, -0.1) is 0 Å². The molecule has 1 aliphatic rings. The van der Waals surface area contributed by atoms with Crippen molar-refractivity contribution in [1.29, 1.82) is 0 Å². The lowest BCUT2D eigenvalue weighted by atomic mass is 10.0. The Balaban J connectivity index is 1.70. The standard InChI is InChI=1S/C16H27NO4/c1-13(2)8-14-10-19-7-5-17(14)9-15(18)11-20-12-16-4-3-6-21-16/h3-4,6,13-15,18H,5,7-12H2,1-2H3. The van der Waals surface area contributed by atoms with Crippen LogP contribution < -0.4 is 0 Å². The van der Waals surface area contributed by atoms with E-state index in [4.69, 9.17) is 13.9 Å². The van der Waals surface area contributed by atoms with E-state index in [1.165, 1.54) is 0 Å². The summed E-state index contributed by atoms with van der Waals surface area (Å²) in [5.41, 5.74) is 0. The zero-order valence-electron chi connectivity index (χ0n) is 13.0. The summed E-state index contributed by atoms with van der Waals surface area (Å²) in [6, 6.07) is 4.10. The van der Waals surface area contributed by atoms with E-state index in [1.807, 2.05) is 12.1 Å². The molecule has 1 saturated heterocycles. The van der Waals surface area contributed by atoms with Crippen LogP contribution in [0, 0.1) is 5.92 Å². The van der Waals surface area contributed by atoms with Crippen LogP contribution in [0.1, 0.15) is 26.0 Å². The smallest absolute Gasteiger partial charge is 0.129 e. The van der Waals surface area contributed by atoms with Crippen LogP contribution in [0.2, 0.25) is 0 Å². The first kappa shape index (κ1) is 16.5. The molecule has 1 aromatic rings. The molecule has 2 rings (SSSR count). The number of β-amino-alcohol motifs (C(OH)–C–C–N with tert-alkyl or cyclic N) is 1. The Morgan fingerprint density at radius 3 is 3.05 bits per heavy atom. The van der Waals surface area contributed by atoms with Crippen molar-refractivity contribution in [1.82, 2.24) is 4.90 Å². The van der Waals surface area contributed by atoms with Crippen molar-refractivity contribution in [3.05, 3.63) is 24.2 Å². The van der Waals surface area contributed by atoms with Crippen LogP contribution in [0.15, 0.2) is 22.8 Å². The molecule has 1 fully saturated rings. The summed E-state index contributed by atoms with van der Waals surface area (Å²) in [7, 11) is 0. The fourth-order valence-corrected chi connectivity index (χ4v) is 2.70. The molecule has 21 heavy (non-hydrogen) atoms. The van der Waals surface area contributed by atoms with Gasteiger partial charge in [-0.3, -0.25) is 4.90 Å². The van der Waals surface area contributed by atoms with Crippen molar-refractivity contribution in [2.75, 3.05) is 32.9 Å². The first-order chi connectivity index (χ1) is 10.1. The van der Waals surface area contributed by atoms with Gasteiger partial charge in [0.1, 0.15) is 12.4 Å². The van der Waals surface area contributed by atoms with Crippen LogP contribution in [0.4, 0.5) is 0 Å². The van der Waals surface area contributed by atoms with E-state index >= 15 is 0 Å². The highest BCUT2D eigenvalue weighted by Gasteiger charge is 2.25. The molecule has 2 heterocycles. The number of hydrogen-bond acceptors (Lipinski definition) is 5. The summed E-state index contributed by atoms with van der Waals surface area (Å²) in [6.07, 6.45) is 2.24. The molecule has 1 N–H and O–H groups in total. The van der Waals surface area contributed by atoms with Crippen LogP contribution >= 0.6 is 0 Å². The number of ether oxygens (including phenoxy) is 2. The number of aliphatic hydroxyl groups excluding tert-OH is 1. The molecule has 0 spiro atoms. The van der Waals surface area contributed by atoms with Gasteiger partial charge in [-0.2, -0.15) is 0 Å². The summed E-state index contributed by atoms with van der Waals surface area (Å²) >= 11 is 0. The minimum Gasteiger partial charge on any atom is -0.467 e. The molecule has 2 unspecified atom stereocenters. The second-order valence-electron chi connectivity index (χ2n) is 6.10. The van der Waals surface area contributed by atoms with Gasteiger partial charge >= 0.3 is 0 Å². The number of morpholine rings is 1. The van der Waals surface area contributed by atoms with Crippen LogP contribution in [0.25, 0.3) is 0 Å². The molecule has 5 heteroatoms. The minimum atomic E-state index is -0.479. The highest BCUT2D eigenvalue weighted by Crippen LogP contribution is 2.16. The Kier molecular flexibility index (Phi) is 6.70. The Morgan fingerprint density at radius 2 is 2.33 bits per heavy atom. The summed E-state index contributed by atoms with van der Waals surface area (Å²) in [5.74, 6) is 1.41. The number of aliphatic hydroxyl groups is 1. The van der Waals surface area contributed by atoms with Crippen LogP contribution in [-0.2, 0) is 16.1 Å². The lowest BCUT2D eigenvalue weighted by Gasteiger charge is -2.37. The predicted octanol–water partition coefficient (Wildman–Crippen LogP) is 1.90. The second kappa shape index (κ2) is 8.54. The van der Waals surface area contributed by atoms with Crippen LogP contribution in [0.5, 0.6) is 0 Å². The summed E-state index contributed by atoms with van der Waals surface area (Å²) in [6.45, 7) is 8.19. The lowest BCUT2D eigenvalue weighted by Crippen LogP contribution is -2.49. The van der Waals surface area contributed by atoms with Gasteiger partial charge in [-0.05, 0) is 24.5 Å². The number of rotatable bonds is 8. The molecule has 0 amide bonds. The Bertz CT molecular complexity index is 380. The van der Waals surface area contributed by atoms with Gasteiger partial charge in [0.25, 0.3) is 0 Å². The zero-order valence-corrected chi connectivity index (χ0v) is 13.0. The van der Waals surface area contributed by atoms with Crippen LogP contribution in [0.3, 0.4) is 0 Å². The highest BCUT2D eigenvalue weighted by atomic mass is 16.5. The third kappa shape index (κ3) is 5.79. The Morgan fingerprint density at radius 1 is 1.48 bits per heavy atom. The topological polar surface area (TPSA) is 55.1 Å². The second-order valence-corrected chi connectivity index (χ2v) is 6.10. The first-order valence-corrected chi connectivity index (χ1v) is 7.75. The maximum Gasteiger partial charge on any atom is 0.129 e. The maximum absolute atomic E-state index is 10.1. The molecule has 0 aliphatic carbocycles. The van der Waals surface area contributed by atoms with Crippen LogP contribution in [-0.4, -0.2) is 55.1 Å². The first-order valence-electron chi connectivity index (χ1n) is 7.75. The van der Waals surface area contributed by atoms with E-state index in [1.54, 1.807) is 6.26 Å². The van der Waals surface area contributed by atoms with Gasteiger partial charge in [0.05, 0.1) is 32.2 Å². The largest absolute Gasteiger partial charge is 0.467 e. The summed E-state index contributed by atoms with van der Waals surface area (Å²) in [4.78, 5) is 2.32. The number of hydrogen-bond donors (Lipinski definition) is 1. The van der Waals surface area contributed by atoms with E-state index in [9.17, 15) is 5.11 Å². The third-order valence-electron chi connectivity index (χ3n) is 3.67. The molecule has 0 radical (unpaired) electrons.